The van der Waals surface area contributed by atoms with Crippen LogP contribution in [0.15, 0.2) is 30.5 Å². The lowest BCUT2D eigenvalue weighted by Gasteiger charge is -2.36. The molecule has 1 aliphatic heterocycles. The van der Waals surface area contributed by atoms with Crippen LogP contribution in [0.2, 0.25) is 0 Å². The van der Waals surface area contributed by atoms with Crippen molar-refractivity contribution in [1.82, 2.24) is 9.88 Å². The molecule has 3 nitrogen and oxygen atoms in total. The maximum absolute atomic E-state index is 3.52. The van der Waals surface area contributed by atoms with Crippen molar-refractivity contribution in [3.05, 3.63) is 52.8 Å². The van der Waals surface area contributed by atoms with Gasteiger partial charge in [-0.05, 0) is 75.3 Å². The molecule has 0 unspecified atom stereocenters. The summed E-state index contributed by atoms with van der Waals surface area (Å²) in [6, 6.07) is 8.97. The molecule has 1 fully saturated rings. The Morgan fingerprint density at radius 3 is 2.52 bits per heavy atom. The van der Waals surface area contributed by atoms with Crippen molar-refractivity contribution < 1.29 is 0 Å². The third-order valence-corrected chi connectivity index (χ3v) is 5.97. The molecular weight excluding hydrogens is 306 g/mol. The fourth-order valence-corrected chi connectivity index (χ4v) is 4.38. The largest absolute Gasteiger partial charge is 0.369 e. The molecule has 1 aromatic carbocycles. The minimum Gasteiger partial charge on any atom is -0.369 e. The summed E-state index contributed by atoms with van der Waals surface area (Å²) in [7, 11) is 0. The second-order valence-electron chi connectivity index (χ2n) is 7.75. The van der Waals surface area contributed by atoms with E-state index in [2.05, 4.69) is 52.2 Å². The molecule has 0 atom stereocenters. The third-order valence-electron chi connectivity index (χ3n) is 5.97. The summed E-state index contributed by atoms with van der Waals surface area (Å²) in [6.07, 6.45) is 10.1. The minimum absolute atomic E-state index is 1.16. The van der Waals surface area contributed by atoms with E-state index in [1.54, 1.807) is 11.1 Å². The molecule has 0 spiro atoms. The van der Waals surface area contributed by atoms with Crippen LogP contribution < -0.4 is 4.90 Å². The molecule has 3 heteroatoms. The van der Waals surface area contributed by atoms with Gasteiger partial charge in [0.15, 0.2) is 0 Å². The van der Waals surface area contributed by atoms with Gasteiger partial charge in [0.05, 0.1) is 0 Å². The summed E-state index contributed by atoms with van der Waals surface area (Å²) in [5.74, 6) is 0. The lowest BCUT2D eigenvalue weighted by Crippen LogP contribution is -2.46. The number of fused-ring (bicyclic) bond motifs is 1. The number of aromatic nitrogens is 1. The van der Waals surface area contributed by atoms with E-state index < -0.39 is 0 Å². The molecule has 0 radical (unpaired) electrons. The van der Waals surface area contributed by atoms with Crippen molar-refractivity contribution in [2.45, 2.75) is 45.4 Å². The van der Waals surface area contributed by atoms with E-state index in [9.17, 15) is 0 Å². The van der Waals surface area contributed by atoms with Gasteiger partial charge in [0, 0.05) is 43.8 Å². The lowest BCUT2D eigenvalue weighted by atomic mass is 9.93. The Bertz CT molecular complexity index is 678. The predicted molar refractivity (Wildman–Crippen MR) is 106 cm³/mol. The Morgan fingerprint density at radius 1 is 0.960 bits per heavy atom. The molecule has 1 aromatic heterocycles. The number of aryl methyl sites for hydroxylation is 3. The number of hydrogen-bond acceptors (Lipinski definition) is 2. The maximum atomic E-state index is 3.52. The maximum Gasteiger partial charge on any atom is 0.0367 e. The van der Waals surface area contributed by atoms with Crippen molar-refractivity contribution in [3.63, 3.8) is 0 Å². The summed E-state index contributed by atoms with van der Waals surface area (Å²) in [5, 5.41) is 0. The molecular formula is C22H31N3. The molecule has 2 aromatic rings. The first kappa shape index (κ1) is 16.7. The first-order valence-electron chi connectivity index (χ1n) is 10.0. The number of nitrogens with one attached hydrogen (secondary N) is 1. The molecule has 1 N–H and O–H groups in total. The normalized spacial score (nSPS) is 18.4. The van der Waals surface area contributed by atoms with Gasteiger partial charge in [0.25, 0.3) is 0 Å². The second kappa shape index (κ2) is 7.65. The molecule has 1 aliphatic carbocycles. The van der Waals surface area contributed by atoms with Gasteiger partial charge in [0.2, 0.25) is 0 Å². The van der Waals surface area contributed by atoms with Crippen LogP contribution >= 0.6 is 0 Å². The van der Waals surface area contributed by atoms with Crippen LogP contribution in [0.25, 0.3) is 0 Å². The monoisotopic (exact) mass is 337 g/mol. The van der Waals surface area contributed by atoms with E-state index in [0.717, 1.165) is 13.1 Å². The summed E-state index contributed by atoms with van der Waals surface area (Å²) in [6.45, 7) is 8.09. The quantitative estimate of drug-likeness (QED) is 0.892. The van der Waals surface area contributed by atoms with E-state index in [-0.39, 0.29) is 0 Å². The SMILES string of the molecule is Cc1ccc(N2CCN(CCCc3c[nH]c4c3CCCC4)CC2)cc1. The molecule has 25 heavy (non-hydrogen) atoms. The van der Waals surface area contributed by atoms with Gasteiger partial charge in [-0.15, -0.1) is 0 Å². The molecule has 134 valence electrons. The highest BCUT2D eigenvalue weighted by atomic mass is 15.3. The number of nitrogens with zero attached hydrogens (tertiary/aromatic N) is 2. The number of aromatic amines is 1. The standard InChI is InChI=1S/C22H31N3/c1-18-8-10-20(11-9-18)25-15-13-24(14-16-25)12-4-5-19-17-23-22-7-3-2-6-21(19)22/h8-11,17,23H,2-7,12-16H2,1H3. The molecule has 2 aliphatic rings. The lowest BCUT2D eigenvalue weighted by molar-refractivity contribution is 0.255. The predicted octanol–water partition coefficient (Wildman–Crippen LogP) is 3.96. The van der Waals surface area contributed by atoms with E-state index in [4.69, 9.17) is 0 Å². The summed E-state index contributed by atoms with van der Waals surface area (Å²) >= 11 is 0. The highest BCUT2D eigenvalue weighted by molar-refractivity contribution is 5.47. The smallest absolute Gasteiger partial charge is 0.0367 e. The number of H-pyrrole nitrogens is 1. The Hall–Kier alpha value is -1.74. The summed E-state index contributed by atoms with van der Waals surface area (Å²) < 4.78 is 0. The first-order valence-corrected chi connectivity index (χ1v) is 10.0. The molecule has 0 saturated carbocycles. The van der Waals surface area contributed by atoms with Crippen molar-refractivity contribution in [2.75, 3.05) is 37.6 Å². The van der Waals surface area contributed by atoms with Crippen molar-refractivity contribution in [2.24, 2.45) is 0 Å². The third kappa shape index (κ3) is 3.92. The van der Waals surface area contributed by atoms with Gasteiger partial charge < -0.3 is 9.88 Å². The average molecular weight is 338 g/mol. The molecule has 0 amide bonds. The van der Waals surface area contributed by atoms with Crippen LogP contribution in [-0.2, 0) is 19.3 Å². The fraction of sp³-hybridized carbons (Fsp3) is 0.545. The van der Waals surface area contributed by atoms with Gasteiger partial charge in [0.1, 0.15) is 0 Å². The zero-order chi connectivity index (χ0) is 17.1. The Balaban J connectivity index is 1.23. The van der Waals surface area contributed by atoms with Crippen LogP contribution in [0.3, 0.4) is 0 Å². The zero-order valence-corrected chi connectivity index (χ0v) is 15.6. The van der Waals surface area contributed by atoms with Gasteiger partial charge in [-0.1, -0.05) is 17.7 Å². The van der Waals surface area contributed by atoms with Crippen molar-refractivity contribution in [3.8, 4) is 0 Å². The number of benzene rings is 1. The van der Waals surface area contributed by atoms with E-state index in [0.29, 0.717) is 0 Å². The number of rotatable bonds is 5. The summed E-state index contributed by atoms with van der Waals surface area (Å²) in [4.78, 5) is 8.69. The number of hydrogen-bond donors (Lipinski definition) is 1. The van der Waals surface area contributed by atoms with E-state index in [1.165, 1.54) is 75.1 Å². The molecule has 0 bridgehead atoms. The first-order chi connectivity index (χ1) is 12.3. The molecule has 1 saturated heterocycles. The zero-order valence-electron chi connectivity index (χ0n) is 15.6. The van der Waals surface area contributed by atoms with Crippen LogP contribution in [0.4, 0.5) is 5.69 Å². The van der Waals surface area contributed by atoms with Gasteiger partial charge in [-0.2, -0.15) is 0 Å². The van der Waals surface area contributed by atoms with E-state index in [1.807, 2.05) is 0 Å². The highest BCUT2D eigenvalue weighted by Gasteiger charge is 2.18. The van der Waals surface area contributed by atoms with Gasteiger partial charge >= 0.3 is 0 Å². The van der Waals surface area contributed by atoms with E-state index >= 15 is 0 Å². The Kier molecular flexibility index (Phi) is 5.12. The number of piperazine rings is 1. The number of anilines is 1. The topological polar surface area (TPSA) is 22.3 Å². The Morgan fingerprint density at radius 2 is 1.72 bits per heavy atom. The van der Waals surface area contributed by atoms with Crippen molar-refractivity contribution in [1.29, 1.82) is 0 Å². The average Bonchev–Trinajstić information content (AvgIpc) is 3.06. The Labute approximate surface area is 152 Å². The fourth-order valence-electron chi connectivity index (χ4n) is 4.38. The van der Waals surface area contributed by atoms with Crippen LogP contribution in [0, 0.1) is 6.92 Å². The van der Waals surface area contributed by atoms with Gasteiger partial charge in [-0.3, -0.25) is 4.90 Å². The minimum atomic E-state index is 1.16. The van der Waals surface area contributed by atoms with Crippen LogP contribution in [0.5, 0.6) is 0 Å². The van der Waals surface area contributed by atoms with Crippen molar-refractivity contribution >= 4 is 5.69 Å². The highest BCUT2D eigenvalue weighted by Crippen LogP contribution is 2.25. The van der Waals surface area contributed by atoms with Crippen LogP contribution in [-0.4, -0.2) is 42.6 Å². The molecule has 4 rings (SSSR count). The molecule has 2 heterocycles. The summed E-state index contributed by atoms with van der Waals surface area (Å²) in [5.41, 5.74) is 7.48. The van der Waals surface area contributed by atoms with Gasteiger partial charge in [-0.25, -0.2) is 0 Å². The second-order valence-corrected chi connectivity index (χ2v) is 7.75. The van der Waals surface area contributed by atoms with Crippen LogP contribution in [0.1, 0.15) is 41.6 Å².